The first kappa shape index (κ1) is 17.6. The number of carbonyl (C=O) groups is 2. The molecular formula is C18H17N5O2S. The van der Waals surface area contributed by atoms with Gasteiger partial charge in [-0.2, -0.15) is 0 Å². The van der Waals surface area contributed by atoms with Gasteiger partial charge in [-0.1, -0.05) is 18.2 Å². The van der Waals surface area contributed by atoms with Crippen LogP contribution in [0.2, 0.25) is 0 Å². The van der Waals surface area contributed by atoms with Crippen molar-refractivity contribution in [2.75, 3.05) is 10.6 Å². The van der Waals surface area contributed by atoms with Gasteiger partial charge in [0.2, 0.25) is 5.91 Å². The van der Waals surface area contributed by atoms with E-state index in [-0.39, 0.29) is 17.9 Å². The maximum Gasteiger partial charge on any atom is 0.250 e. The van der Waals surface area contributed by atoms with Crippen LogP contribution in [0.1, 0.15) is 21.7 Å². The number of nitrogens with two attached hydrogens (primary N) is 1. The molecule has 0 fully saturated rings. The molecule has 0 bridgehead atoms. The van der Waals surface area contributed by atoms with E-state index >= 15 is 0 Å². The Morgan fingerprint density at radius 1 is 1.12 bits per heavy atom. The molecule has 8 heteroatoms. The quantitative estimate of drug-likeness (QED) is 0.620. The molecular weight excluding hydrogens is 350 g/mol. The molecule has 2 aromatic heterocycles. The first-order chi connectivity index (χ1) is 12.5. The molecule has 0 unspecified atom stereocenters. The molecule has 0 aliphatic heterocycles. The highest BCUT2D eigenvalue weighted by molar-refractivity contribution is 7.13. The van der Waals surface area contributed by atoms with Crippen LogP contribution >= 0.6 is 11.3 Å². The number of benzene rings is 1. The normalized spacial score (nSPS) is 10.3. The summed E-state index contributed by atoms with van der Waals surface area (Å²) < 4.78 is 0. The molecule has 3 rings (SSSR count). The molecule has 0 saturated carbocycles. The fourth-order valence-electron chi connectivity index (χ4n) is 2.33. The van der Waals surface area contributed by atoms with E-state index in [0.29, 0.717) is 22.3 Å². The number of amides is 2. The summed E-state index contributed by atoms with van der Waals surface area (Å²) in [5.74, 6) is -0.165. The summed E-state index contributed by atoms with van der Waals surface area (Å²) in [5.41, 5.74) is 7.50. The van der Waals surface area contributed by atoms with Crippen LogP contribution in [0.3, 0.4) is 0 Å². The van der Waals surface area contributed by atoms with E-state index in [1.165, 1.54) is 11.3 Å². The average molecular weight is 367 g/mol. The third-order valence-electron chi connectivity index (χ3n) is 3.48. The lowest BCUT2D eigenvalue weighted by atomic mass is 10.1. The number of nitrogens with one attached hydrogen (secondary N) is 2. The summed E-state index contributed by atoms with van der Waals surface area (Å²) in [5, 5.41) is 8.27. The van der Waals surface area contributed by atoms with E-state index in [4.69, 9.17) is 5.73 Å². The number of aryl methyl sites for hydroxylation is 1. The Hall–Kier alpha value is -3.26. The predicted molar refractivity (Wildman–Crippen MR) is 102 cm³/mol. The topological polar surface area (TPSA) is 110 Å². The maximum atomic E-state index is 12.2. The van der Waals surface area contributed by atoms with Gasteiger partial charge >= 0.3 is 0 Å². The van der Waals surface area contributed by atoms with E-state index in [1.54, 1.807) is 29.6 Å². The van der Waals surface area contributed by atoms with Crippen molar-refractivity contribution in [2.45, 2.75) is 13.3 Å². The second kappa shape index (κ2) is 7.75. The van der Waals surface area contributed by atoms with Crippen molar-refractivity contribution >= 4 is 39.8 Å². The van der Waals surface area contributed by atoms with E-state index in [0.717, 1.165) is 5.69 Å². The molecule has 4 N–H and O–H groups in total. The molecule has 0 aliphatic rings. The monoisotopic (exact) mass is 367 g/mol. The molecule has 7 nitrogen and oxygen atoms in total. The minimum atomic E-state index is -0.591. The number of rotatable bonds is 6. The molecule has 0 radical (unpaired) electrons. The smallest absolute Gasteiger partial charge is 0.250 e. The van der Waals surface area contributed by atoms with Crippen molar-refractivity contribution in [3.63, 3.8) is 0 Å². The SMILES string of the molecule is Cc1cccc(Nc2nc(CC(=O)Nc3ccccc3C(N)=O)cs2)n1. The number of hydrogen-bond donors (Lipinski definition) is 3. The highest BCUT2D eigenvalue weighted by atomic mass is 32.1. The number of nitrogens with zero attached hydrogens (tertiary/aromatic N) is 2. The number of aromatic nitrogens is 2. The number of primary amides is 1. The molecule has 0 atom stereocenters. The highest BCUT2D eigenvalue weighted by Gasteiger charge is 2.12. The Balaban J connectivity index is 1.64. The van der Waals surface area contributed by atoms with Crippen LogP contribution in [0.15, 0.2) is 47.8 Å². The van der Waals surface area contributed by atoms with Crippen molar-refractivity contribution in [3.05, 3.63) is 64.8 Å². The minimum absolute atomic E-state index is 0.0898. The first-order valence-electron chi connectivity index (χ1n) is 7.85. The standard InChI is InChI=1S/C18H17N5O2S/c1-11-5-4-8-15(20-11)23-18-21-12(10-26-18)9-16(24)22-14-7-3-2-6-13(14)17(19)25/h2-8,10H,9H2,1H3,(H2,19,25)(H,22,24)(H,20,21,23). The molecule has 132 valence electrons. The first-order valence-corrected chi connectivity index (χ1v) is 8.73. The lowest BCUT2D eigenvalue weighted by Gasteiger charge is -2.07. The van der Waals surface area contributed by atoms with Gasteiger partial charge in [-0.25, -0.2) is 9.97 Å². The Kier molecular flexibility index (Phi) is 5.23. The zero-order valence-electron chi connectivity index (χ0n) is 14.0. The molecule has 0 spiro atoms. The van der Waals surface area contributed by atoms with Gasteiger partial charge in [0.25, 0.3) is 5.91 Å². The molecule has 26 heavy (non-hydrogen) atoms. The zero-order chi connectivity index (χ0) is 18.5. The van der Waals surface area contributed by atoms with E-state index in [9.17, 15) is 9.59 Å². The summed E-state index contributed by atoms with van der Waals surface area (Å²) >= 11 is 1.39. The predicted octanol–water partition coefficient (Wildman–Crippen LogP) is 2.87. The van der Waals surface area contributed by atoms with Crippen LogP contribution in [0.4, 0.5) is 16.6 Å². The molecule has 2 heterocycles. The van der Waals surface area contributed by atoms with E-state index < -0.39 is 5.91 Å². The van der Waals surface area contributed by atoms with Crippen molar-refractivity contribution in [2.24, 2.45) is 5.73 Å². The molecule has 3 aromatic rings. The van der Waals surface area contributed by atoms with E-state index in [2.05, 4.69) is 20.6 Å². The van der Waals surface area contributed by atoms with Crippen LogP contribution in [0.25, 0.3) is 0 Å². The van der Waals surface area contributed by atoms with Gasteiger partial charge in [0.1, 0.15) is 5.82 Å². The zero-order valence-corrected chi connectivity index (χ0v) is 14.8. The van der Waals surface area contributed by atoms with Gasteiger partial charge in [0, 0.05) is 11.1 Å². The highest BCUT2D eigenvalue weighted by Crippen LogP contribution is 2.21. The van der Waals surface area contributed by atoms with Crippen LogP contribution < -0.4 is 16.4 Å². The van der Waals surface area contributed by atoms with Gasteiger partial charge in [0.15, 0.2) is 5.13 Å². The molecule has 2 amide bonds. The third-order valence-corrected chi connectivity index (χ3v) is 4.29. The summed E-state index contributed by atoms with van der Waals surface area (Å²) in [6.45, 7) is 1.91. The Bertz CT molecular complexity index is 954. The maximum absolute atomic E-state index is 12.2. The van der Waals surface area contributed by atoms with Gasteiger partial charge in [-0.05, 0) is 31.2 Å². The van der Waals surface area contributed by atoms with Gasteiger partial charge in [0.05, 0.1) is 23.4 Å². The summed E-state index contributed by atoms with van der Waals surface area (Å²) in [7, 11) is 0. The molecule has 1 aromatic carbocycles. The average Bonchev–Trinajstić information content (AvgIpc) is 3.01. The number of anilines is 3. The summed E-state index contributed by atoms with van der Waals surface area (Å²) in [4.78, 5) is 32.4. The third kappa shape index (κ3) is 4.42. The Morgan fingerprint density at radius 2 is 1.92 bits per heavy atom. The van der Waals surface area contributed by atoms with Crippen LogP contribution in [0.5, 0.6) is 0 Å². The lowest BCUT2D eigenvalue weighted by Crippen LogP contribution is -2.19. The molecule has 0 saturated heterocycles. The van der Waals surface area contributed by atoms with Crippen molar-refractivity contribution in [3.8, 4) is 0 Å². The van der Waals surface area contributed by atoms with Crippen molar-refractivity contribution in [1.29, 1.82) is 0 Å². The fraction of sp³-hybridized carbons (Fsp3) is 0.111. The van der Waals surface area contributed by atoms with Crippen molar-refractivity contribution < 1.29 is 9.59 Å². The second-order valence-corrected chi connectivity index (χ2v) is 6.43. The fourth-order valence-corrected chi connectivity index (χ4v) is 3.05. The van der Waals surface area contributed by atoms with Crippen molar-refractivity contribution in [1.82, 2.24) is 9.97 Å². The Labute approximate surface area is 154 Å². The largest absolute Gasteiger partial charge is 0.366 e. The van der Waals surface area contributed by atoms with Gasteiger partial charge in [-0.3, -0.25) is 9.59 Å². The molecule has 0 aliphatic carbocycles. The summed E-state index contributed by atoms with van der Waals surface area (Å²) in [6, 6.07) is 12.3. The Morgan fingerprint density at radius 3 is 2.69 bits per heavy atom. The number of carbonyl (C=O) groups excluding carboxylic acids is 2. The van der Waals surface area contributed by atoms with E-state index in [1.807, 2.05) is 25.1 Å². The van der Waals surface area contributed by atoms with Gasteiger partial charge in [-0.15, -0.1) is 11.3 Å². The van der Waals surface area contributed by atoms with Crippen LogP contribution in [-0.2, 0) is 11.2 Å². The van der Waals surface area contributed by atoms with Crippen LogP contribution in [-0.4, -0.2) is 21.8 Å². The summed E-state index contributed by atoms with van der Waals surface area (Å²) in [6.07, 6.45) is 0.0898. The number of pyridine rings is 1. The second-order valence-electron chi connectivity index (χ2n) is 5.57. The lowest BCUT2D eigenvalue weighted by molar-refractivity contribution is -0.115. The van der Waals surface area contributed by atoms with Gasteiger partial charge < -0.3 is 16.4 Å². The number of para-hydroxylation sites is 1. The number of hydrogen-bond acceptors (Lipinski definition) is 6. The number of thiazole rings is 1. The van der Waals surface area contributed by atoms with Crippen LogP contribution in [0, 0.1) is 6.92 Å². The minimum Gasteiger partial charge on any atom is -0.366 e.